The Morgan fingerprint density at radius 1 is 1.53 bits per heavy atom. The van der Waals surface area contributed by atoms with Gasteiger partial charge in [-0.1, -0.05) is 0 Å². The number of nitrogens with one attached hydrogen (secondary N) is 1. The van der Waals surface area contributed by atoms with Crippen molar-refractivity contribution in [2.45, 2.75) is 20.4 Å². The van der Waals surface area contributed by atoms with Gasteiger partial charge < -0.3 is 10.4 Å². The molecule has 0 saturated heterocycles. The molecule has 0 aromatic carbocycles. The van der Waals surface area contributed by atoms with Crippen LogP contribution in [-0.4, -0.2) is 33.3 Å². The normalized spacial score (nSPS) is 9.71. The summed E-state index contributed by atoms with van der Waals surface area (Å²) in [5.74, 6) is -1.45. The van der Waals surface area contributed by atoms with Crippen molar-refractivity contribution in [1.82, 2.24) is 15.1 Å². The number of hydrogen-bond donors (Lipinski definition) is 2. The van der Waals surface area contributed by atoms with Gasteiger partial charge in [-0.15, -0.1) is 0 Å². The van der Waals surface area contributed by atoms with Crippen molar-refractivity contribution in [3.63, 3.8) is 0 Å². The zero-order valence-corrected chi connectivity index (χ0v) is 9.52. The zero-order chi connectivity index (χ0) is 13.0. The maximum Gasteiger partial charge on any atom is 0.339 e. The van der Waals surface area contributed by atoms with Gasteiger partial charge in [0, 0.05) is 0 Å². The Morgan fingerprint density at radius 2 is 2.18 bits per heavy atom. The Kier molecular flexibility index (Phi) is 3.82. The van der Waals surface area contributed by atoms with Crippen LogP contribution >= 0.6 is 0 Å². The van der Waals surface area contributed by atoms with Gasteiger partial charge >= 0.3 is 5.97 Å². The molecule has 17 heavy (non-hydrogen) atoms. The van der Waals surface area contributed by atoms with E-state index in [4.69, 9.17) is 10.4 Å². The van der Waals surface area contributed by atoms with Crippen LogP contribution in [0.1, 0.15) is 21.7 Å². The summed E-state index contributed by atoms with van der Waals surface area (Å²) in [6.07, 6.45) is 0. The van der Waals surface area contributed by atoms with Crippen LogP contribution in [-0.2, 0) is 11.3 Å². The van der Waals surface area contributed by atoms with Gasteiger partial charge in [-0.2, -0.15) is 10.4 Å². The number of hydrogen-bond acceptors (Lipinski definition) is 4. The summed E-state index contributed by atoms with van der Waals surface area (Å²) in [5.41, 5.74) is 0.892. The van der Waals surface area contributed by atoms with Crippen molar-refractivity contribution in [1.29, 1.82) is 5.26 Å². The average Bonchev–Trinajstić information content (AvgIpc) is 2.51. The third-order valence-corrected chi connectivity index (χ3v) is 2.25. The molecule has 1 amide bonds. The number of carbonyl (C=O) groups excluding carboxylic acids is 1. The summed E-state index contributed by atoms with van der Waals surface area (Å²) < 4.78 is 1.31. The lowest BCUT2D eigenvalue weighted by Crippen LogP contribution is -2.28. The molecule has 0 atom stereocenters. The number of carboxylic acids is 1. The quantitative estimate of drug-likeness (QED) is 0.706. The number of rotatable bonds is 4. The molecule has 1 aromatic rings. The van der Waals surface area contributed by atoms with E-state index in [2.05, 4.69) is 10.4 Å². The maximum atomic E-state index is 11.3. The highest BCUT2D eigenvalue weighted by atomic mass is 16.4. The molecule has 0 spiro atoms. The third-order valence-electron chi connectivity index (χ3n) is 2.25. The van der Waals surface area contributed by atoms with Crippen molar-refractivity contribution in [3.05, 3.63) is 17.0 Å². The topological polar surface area (TPSA) is 108 Å². The van der Waals surface area contributed by atoms with Gasteiger partial charge in [0.05, 0.1) is 17.5 Å². The van der Waals surface area contributed by atoms with E-state index in [1.54, 1.807) is 19.9 Å². The molecule has 1 aromatic heterocycles. The first-order chi connectivity index (χ1) is 7.97. The van der Waals surface area contributed by atoms with Crippen LogP contribution in [0.4, 0.5) is 0 Å². The third kappa shape index (κ3) is 2.81. The minimum Gasteiger partial charge on any atom is -0.478 e. The van der Waals surface area contributed by atoms with E-state index >= 15 is 0 Å². The van der Waals surface area contributed by atoms with Crippen LogP contribution in [0.2, 0.25) is 0 Å². The molecule has 90 valence electrons. The fraction of sp³-hybridized carbons (Fsp3) is 0.400. The number of nitriles is 1. The molecule has 0 unspecified atom stereocenters. The molecule has 2 N–H and O–H groups in total. The first-order valence-corrected chi connectivity index (χ1v) is 4.88. The highest BCUT2D eigenvalue weighted by molar-refractivity contribution is 5.90. The smallest absolute Gasteiger partial charge is 0.339 e. The van der Waals surface area contributed by atoms with Gasteiger partial charge in [0.2, 0.25) is 5.91 Å². The van der Waals surface area contributed by atoms with Gasteiger partial charge in [0.1, 0.15) is 18.7 Å². The van der Waals surface area contributed by atoms with Gasteiger partial charge in [-0.05, 0) is 13.8 Å². The minimum absolute atomic E-state index is 0.0794. The number of aryl methyl sites for hydroxylation is 1. The number of nitrogens with zero attached hydrogens (tertiary/aromatic N) is 3. The Labute approximate surface area is 97.7 Å². The van der Waals surface area contributed by atoms with E-state index in [-0.39, 0.29) is 24.6 Å². The maximum absolute atomic E-state index is 11.3. The van der Waals surface area contributed by atoms with Crippen LogP contribution in [0, 0.1) is 25.2 Å². The van der Waals surface area contributed by atoms with Crippen molar-refractivity contribution >= 4 is 11.9 Å². The average molecular weight is 236 g/mol. The number of amides is 1. The largest absolute Gasteiger partial charge is 0.478 e. The molecule has 1 rings (SSSR count). The van der Waals surface area contributed by atoms with E-state index < -0.39 is 5.97 Å². The molecular weight excluding hydrogens is 224 g/mol. The van der Waals surface area contributed by atoms with Crippen molar-refractivity contribution in [2.75, 3.05) is 6.54 Å². The summed E-state index contributed by atoms with van der Waals surface area (Å²) in [6.45, 7) is 2.98. The van der Waals surface area contributed by atoms with Crippen molar-refractivity contribution in [3.8, 4) is 6.07 Å². The second-order valence-corrected chi connectivity index (χ2v) is 3.44. The summed E-state index contributed by atoms with van der Waals surface area (Å²) in [5, 5.41) is 23.6. The molecule has 7 nitrogen and oxygen atoms in total. The molecule has 0 aliphatic heterocycles. The standard InChI is InChI=1S/C10H12N4O3/c1-6-9(10(16)17)7(2)14(13-6)5-8(15)12-4-3-11/h4-5H2,1-2H3,(H,12,15)(H,16,17). The molecular formula is C10H12N4O3. The number of aromatic carboxylic acids is 1. The Hall–Kier alpha value is -2.36. The summed E-state index contributed by atoms with van der Waals surface area (Å²) in [7, 11) is 0. The van der Waals surface area contributed by atoms with Gasteiger partial charge in [0.15, 0.2) is 0 Å². The first kappa shape index (κ1) is 12.7. The van der Waals surface area contributed by atoms with Crippen molar-refractivity contribution < 1.29 is 14.7 Å². The highest BCUT2D eigenvalue weighted by Gasteiger charge is 2.18. The Morgan fingerprint density at radius 3 is 2.65 bits per heavy atom. The molecule has 0 aliphatic rings. The lowest BCUT2D eigenvalue weighted by atomic mass is 10.2. The van der Waals surface area contributed by atoms with Crippen LogP contribution in [0.25, 0.3) is 0 Å². The minimum atomic E-state index is -1.07. The van der Waals surface area contributed by atoms with Gasteiger partial charge in [-0.25, -0.2) is 4.79 Å². The Bertz CT molecular complexity index is 498. The zero-order valence-electron chi connectivity index (χ0n) is 9.52. The molecule has 0 fully saturated rings. The number of carbonyl (C=O) groups is 2. The van der Waals surface area contributed by atoms with E-state index in [9.17, 15) is 9.59 Å². The van der Waals surface area contributed by atoms with Gasteiger partial charge in [0.25, 0.3) is 0 Å². The first-order valence-electron chi connectivity index (χ1n) is 4.88. The van der Waals surface area contributed by atoms with Crippen LogP contribution in [0.5, 0.6) is 0 Å². The molecule has 0 saturated carbocycles. The Balaban J connectivity index is 2.87. The van der Waals surface area contributed by atoms with Crippen LogP contribution in [0.15, 0.2) is 0 Å². The lowest BCUT2D eigenvalue weighted by Gasteiger charge is -2.03. The lowest BCUT2D eigenvalue weighted by molar-refractivity contribution is -0.121. The second kappa shape index (κ2) is 5.12. The molecule has 0 aliphatic carbocycles. The van der Waals surface area contributed by atoms with Crippen LogP contribution < -0.4 is 5.32 Å². The van der Waals surface area contributed by atoms with Gasteiger partial charge in [-0.3, -0.25) is 9.48 Å². The number of aromatic nitrogens is 2. The molecule has 0 radical (unpaired) electrons. The SMILES string of the molecule is Cc1nn(CC(=O)NCC#N)c(C)c1C(=O)O. The predicted molar refractivity (Wildman–Crippen MR) is 57.3 cm³/mol. The predicted octanol–water partition coefficient (Wildman–Crippen LogP) is -0.162. The van der Waals surface area contributed by atoms with Crippen LogP contribution in [0.3, 0.4) is 0 Å². The fourth-order valence-corrected chi connectivity index (χ4v) is 1.49. The van der Waals surface area contributed by atoms with E-state index in [0.29, 0.717) is 11.4 Å². The second-order valence-electron chi connectivity index (χ2n) is 3.44. The number of carboxylic acid groups (broad SMARTS) is 1. The highest BCUT2D eigenvalue weighted by Crippen LogP contribution is 2.12. The molecule has 1 heterocycles. The van der Waals surface area contributed by atoms with E-state index in [0.717, 1.165) is 0 Å². The van der Waals surface area contributed by atoms with E-state index in [1.165, 1.54) is 4.68 Å². The summed E-state index contributed by atoms with van der Waals surface area (Å²) in [4.78, 5) is 22.3. The summed E-state index contributed by atoms with van der Waals surface area (Å²) >= 11 is 0. The van der Waals surface area contributed by atoms with Crippen molar-refractivity contribution in [2.24, 2.45) is 0 Å². The summed E-state index contributed by atoms with van der Waals surface area (Å²) in [6, 6.07) is 1.78. The molecule has 0 bridgehead atoms. The fourth-order valence-electron chi connectivity index (χ4n) is 1.49. The monoisotopic (exact) mass is 236 g/mol. The molecule has 7 heteroatoms. The van der Waals surface area contributed by atoms with E-state index in [1.807, 2.05) is 0 Å².